The Kier molecular flexibility index (Phi) is 3.04. The fraction of sp³-hybridized carbons (Fsp3) is 1.00. The summed E-state index contributed by atoms with van der Waals surface area (Å²) in [5.74, 6) is 0.762. The van der Waals surface area contributed by atoms with Gasteiger partial charge >= 0.3 is 0 Å². The molecule has 0 radical (unpaired) electrons. The van der Waals surface area contributed by atoms with Gasteiger partial charge in [-0.2, -0.15) is 12.6 Å². The Labute approximate surface area is 96.4 Å². The summed E-state index contributed by atoms with van der Waals surface area (Å²) < 4.78 is 1.34. The van der Waals surface area contributed by atoms with Gasteiger partial charge in [0.15, 0.2) is 0 Å². The van der Waals surface area contributed by atoms with Crippen molar-refractivity contribution in [2.75, 3.05) is 0 Å². The highest BCUT2D eigenvalue weighted by molar-refractivity contribution is 8.01. The molecule has 12 heavy (non-hydrogen) atoms. The zero-order chi connectivity index (χ0) is 9.73. The van der Waals surface area contributed by atoms with Gasteiger partial charge < -0.3 is 0 Å². The highest BCUT2D eigenvalue weighted by atomic mass is 32.2. The average molecular weight is 241 g/mol. The van der Waals surface area contributed by atoms with E-state index in [1.54, 1.807) is 0 Å². The molecule has 1 saturated heterocycles. The van der Waals surface area contributed by atoms with Gasteiger partial charge in [0.05, 0.1) is 4.87 Å². The molecule has 1 heterocycles. The summed E-state index contributed by atoms with van der Waals surface area (Å²) in [5.41, 5.74) is 0. The van der Waals surface area contributed by atoms with E-state index in [4.69, 9.17) is 0 Å². The van der Waals surface area contributed by atoms with E-state index in [0.29, 0.717) is 11.8 Å². The molecule has 0 aromatic rings. The molecule has 1 nitrogen and oxygen atoms in total. The van der Waals surface area contributed by atoms with Crippen molar-refractivity contribution in [1.82, 2.24) is 4.31 Å². The second-order valence-electron chi connectivity index (χ2n) is 3.67. The van der Waals surface area contributed by atoms with E-state index < -0.39 is 4.20 Å². The molecule has 1 fully saturated rings. The second-order valence-corrected chi connectivity index (χ2v) is 6.69. The zero-order valence-electron chi connectivity index (χ0n) is 7.39. The van der Waals surface area contributed by atoms with Crippen LogP contribution in [0.2, 0.25) is 0 Å². The van der Waals surface area contributed by atoms with Crippen LogP contribution in [0.15, 0.2) is 0 Å². The summed E-state index contributed by atoms with van der Waals surface area (Å²) in [6, 6.07) is 0. The first kappa shape index (κ1) is 11.4. The van der Waals surface area contributed by atoms with Crippen molar-refractivity contribution < 1.29 is 0 Å². The number of hydrogen-bond donors (Lipinski definition) is 4. The summed E-state index contributed by atoms with van der Waals surface area (Å²) in [6.07, 6.45) is 0. The molecule has 1 aliphatic heterocycles. The van der Waals surface area contributed by atoms with Crippen LogP contribution in [0.4, 0.5) is 0 Å². The van der Waals surface area contributed by atoms with Gasteiger partial charge in [0.1, 0.15) is 4.20 Å². The van der Waals surface area contributed by atoms with Crippen LogP contribution in [-0.2, 0) is 0 Å². The maximum atomic E-state index is 4.56. The molecule has 3 atom stereocenters. The lowest BCUT2D eigenvalue weighted by molar-refractivity contribution is 0.350. The van der Waals surface area contributed by atoms with Crippen molar-refractivity contribution >= 4 is 50.7 Å². The topological polar surface area (TPSA) is 3.24 Å². The molecule has 5 heteroatoms. The van der Waals surface area contributed by atoms with Crippen LogP contribution in [0.5, 0.6) is 0 Å². The quantitative estimate of drug-likeness (QED) is 0.375. The standard InChI is InChI=1S/C7H15NS4/c1-4-5(2)7(10,11)8(12)6(4,3)9/h4-5,9-12H,1-3H3/t4-,5+,6?/m1/s1. The molecule has 0 amide bonds. The monoisotopic (exact) mass is 241 g/mol. The van der Waals surface area contributed by atoms with E-state index in [2.05, 4.69) is 64.5 Å². The summed E-state index contributed by atoms with van der Waals surface area (Å²) in [4.78, 5) is -0.244. The Balaban J connectivity index is 3.03. The number of nitrogens with zero attached hydrogens (tertiary/aromatic N) is 1. The van der Waals surface area contributed by atoms with E-state index in [1.807, 2.05) is 11.2 Å². The summed E-state index contributed by atoms with van der Waals surface area (Å²) >= 11 is 17.9. The number of hydrogen-bond acceptors (Lipinski definition) is 5. The largest absolute Gasteiger partial charge is 0.213 e. The molecule has 1 rings (SSSR count). The third-order valence-corrected chi connectivity index (χ3v) is 5.99. The fourth-order valence-corrected chi connectivity index (χ4v) is 3.29. The summed E-state index contributed by atoms with van der Waals surface area (Å²) in [7, 11) is 0. The molecule has 0 aliphatic carbocycles. The summed E-state index contributed by atoms with van der Waals surface area (Å²) in [6.45, 7) is 6.31. The predicted molar refractivity (Wildman–Crippen MR) is 67.2 cm³/mol. The minimum Gasteiger partial charge on any atom is -0.213 e. The minimum absolute atomic E-state index is 0.244. The summed E-state index contributed by atoms with van der Waals surface area (Å²) in [5, 5.41) is 0. The molecule has 0 bridgehead atoms. The highest BCUT2D eigenvalue weighted by Crippen LogP contribution is 2.55. The average Bonchev–Trinajstić information content (AvgIpc) is 2.06. The second kappa shape index (κ2) is 3.19. The Bertz CT molecular complexity index is 172. The number of thiol groups is 4. The molecule has 72 valence electrons. The molecule has 0 spiro atoms. The molecular formula is C7H15NS4. The van der Waals surface area contributed by atoms with E-state index in [9.17, 15) is 0 Å². The van der Waals surface area contributed by atoms with E-state index in [0.717, 1.165) is 0 Å². The molecule has 1 aliphatic rings. The van der Waals surface area contributed by atoms with E-state index in [1.165, 1.54) is 0 Å². The zero-order valence-corrected chi connectivity index (χ0v) is 11.0. The Hall–Kier alpha value is 1.36. The van der Waals surface area contributed by atoms with Crippen LogP contribution in [-0.4, -0.2) is 13.4 Å². The fourth-order valence-electron chi connectivity index (χ4n) is 1.53. The van der Waals surface area contributed by atoms with Gasteiger partial charge in [0, 0.05) is 0 Å². The Morgan fingerprint density at radius 3 is 1.58 bits per heavy atom. The van der Waals surface area contributed by atoms with Gasteiger partial charge in [-0.1, -0.05) is 26.7 Å². The highest BCUT2D eigenvalue weighted by Gasteiger charge is 2.55. The van der Waals surface area contributed by atoms with Crippen LogP contribution < -0.4 is 0 Å². The van der Waals surface area contributed by atoms with Gasteiger partial charge in [-0.25, -0.2) is 4.31 Å². The van der Waals surface area contributed by atoms with Gasteiger partial charge in [-0.15, -0.1) is 25.3 Å². The van der Waals surface area contributed by atoms with Gasteiger partial charge in [-0.3, -0.25) is 0 Å². The first-order chi connectivity index (χ1) is 5.22. The van der Waals surface area contributed by atoms with E-state index in [-0.39, 0.29) is 4.87 Å². The Morgan fingerprint density at radius 1 is 1.08 bits per heavy atom. The molecular weight excluding hydrogens is 226 g/mol. The van der Waals surface area contributed by atoms with Crippen LogP contribution in [0.1, 0.15) is 20.8 Å². The van der Waals surface area contributed by atoms with Crippen LogP contribution in [0, 0.1) is 11.8 Å². The molecule has 0 aromatic heterocycles. The van der Waals surface area contributed by atoms with Crippen molar-refractivity contribution in [3.8, 4) is 0 Å². The third kappa shape index (κ3) is 1.41. The van der Waals surface area contributed by atoms with Crippen molar-refractivity contribution in [1.29, 1.82) is 0 Å². The smallest absolute Gasteiger partial charge is 0.121 e. The first-order valence-electron chi connectivity index (χ1n) is 3.88. The molecule has 0 saturated carbocycles. The molecule has 1 unspecified atom stereocenters. The van der Waals surface area contributed by atoms with Crippen molar-refractivity contribution in [3.05, 3.63) is 0 Å². The number of rotatable bonds is 0. The van der Waals surface area contributed by atoms with Gasteiger partial charge in [0.25, 0.3) is 0 Å². The first-order valence-corrected chi connectivity index (χ1v) is 5.63. The maximum absolute atomic E-state index is 4.56. The maximum Gasteiger partial charge on any atom is 0.121 e. The normalized spacial score (nSPS) is 48.2. The SMILES string of the molecule is C[C@@H]1[C@H](C)C(S)(S)N(S)C1(C)S. The van der Waals surface area contributed by atoms with Gasteiger partial charge in [0.2, 0.25) is 0 Å². The van der Waals surface area contributed by atoms with Crippen molar-refractivity contribution in [3.63, 3.8) is 0 Å². The van der Waals surface area contributed by atoms with Crippen LogP contribution in [0.25, 0.3) is 0 Å². The van der Waals surface area contributed by atoms with E-state index >= 15 is 0 Å². The van der Waals surface area contributed by atoms with Crippen molar-refractivity contribution in [2.45, 2.75) is 29.8 Å². The van der Waals surface area contributed by atoms with Crippen molar-refractivity contribution in [2.24, 2.45) is 11.8 Å². The lowest BCUT2D eigenvalue weighted by Crippen LogP contribution is -2.38. The third-order valence-electron chi connectivity index (χ3n) is 2.96. The van der Waals surface area contributed by atoms with Crippen LogP contribution >= 0.6 is 50.7 Å². The molecule has 0 N–H and O–H groups in total. The predicted octanol–water partition coefficient (Wildman–Crippen LogP) is 2.58. The lowest BCUT2D eigenvalue weighted by atomic mass is 9.94. The minimum atomic E-state index is -0.473. The lowest BCUT2D eigenvalue weighted by Gasteiger charge is -2.34. The molecule has 0 aromatic carbocycles. The Morgan fingerprint density at radius 2 is 1.50 bits per heavy atom. The van der Waals surface area contributed by atoms with Crippen LogP contribution in [0.3, 0.4) is 0 Å². The van der Waals surface area contributed by atoms with Gasteiger partial charge in [-0.05, 0) is 18.8 Å².